The molecule has 6 heteroatoms. The van der Waals surface area contributed by atoms with E-state index in [9.17, 15) is 4.79 Å². The molecule has 1 atom stereocenters. The van der Waals surface area contributed by atoms with Gasteiger partial charge in [0.15, 0.2) is 0 Å². The van der Waals surface area contributed by atoms with E-state index in [4.69, 9.17) is 0 Å². The van der Waals surface area contributed by atoms with Gasteiger partial charge in [0, 0.05) is 18.0 Å². The molecule has 0 aliphatic carbocycles. The lowest BCUT2D eigenvalue weighted by atomic mass is 10.1. The molecule has 106 valence electrons. The molecular weight excluding hydrogens is 348 g/mol. The van der Waals surface area contributed by atoms with Crippen molar-refractivity contribution in [3.8, 4) is 0 Å². The molecule has 2 N–H and O–H groups in total. The quantitative estimate of drug-likeness (QED) is 0.805. The Morgan fingerprint density at radius 1 is 1.58 bits per heavy atom. The van der Waals surface area contributed by atoms with Crippen LogP contribution in [-0.4, -0.2) is 25.5 Å². The second-order valence-electron chi connectivity index (χ2n) is 4.40. The van der Waals surface area contributed by atoms with Crippen molar-refractivity contribution in [3.05, 3.63) is 32.4 Å². The van der Waals surface area contributed by atoms with E-state index in [-0.39, 0.29) is 24.2 Å². The van der Waals surface area contributed by atoms with Gasteiger partial charge in [0.1, 0.15) is 0 Å². The fourth-order valence-electron chi connectivity index (χ4n) is 1.87. The normalized spacial score (nSPS) is 16.2. The highest BCUT2D eigenvalue weighted by Gasteiger charge is 2.17. The standard InChI is InChI=1S/C13H17BrN2OS.ClH/c1-9(11-2-3-12(14)18-11)13(17)16-8-10-4-6-15-7-5-10;/h2-4,9,15H,5-8H2,1H3,(H,16,17);1H. The molecule has 1 unspecified atom stereocenters. The van der Waals surface area contributed by atoms with Crippen LogP contribution in [0.15, 0.2) is 27.6 Å². The molecule has 19 heavy (non-hydrogen) atoms. The van der Waals surface area contributed by atoms with Crippen molar-refractivity contribution in [1.29, 1.82) is 0 Å². The summed E-state index contributed by atoms with van der Waals surface area (Å²) in [6.07, 6.45) is 3.19. The van der Waals surface area contributed by atoms with Crippen molar-refractivity contribution in [2.45, 2.75) is 19.3 Å². The van der Waals surface area contributed by atoms with Gasteiger partial charge in [0.2, 0.25) is 5.91 Å². The first-order chi connectivity index (χ1) is 8.66. The molecule has 0 spiro atoms. The molecule has 2 heterocycles. The maximum Gasteiger partial charge on any atom is 0.228 e. The number of amides is 1. The summed E-state index contributed by atoms with van der Waals surface area (Å²) in [5.74, 6) is 0.0207. The fourth-order valence-corrected chi connectivity index (χ4v) is 3.35. The second kappa shape index (κ2) is 8.04. The van der Waals surface area contributed by atoms with Gasteiger partial charge in [0.05, 0.1) is 9.70 Å². The highest BCUT2D eigenvalue weighted by Crippen LogP contribution is 2.28. The van der Waals surface area contributed by atoms with E-state index in [0.717, 1.165) is 28.2 Å². The first kappa shape index (κ1) is 16.7. The molecule has 1 amide bonds. The summed E-state index contributed by atoms with van der Waals surface area (Å²) in [6.45, 7) is 4.55. The van der Waals surface area contributed by atoms with Crippen LogP contribution in [0.1, 0.15) is 24.1 Å². The van der Waals surface area contributed by atoms with E-state index in [2.05, 4.69) is 32.6 Å². The third-order valence-electron chi connectivity index (χ3n) is 3.06. The SMILES string of the molecule is CC(C(=O)NCC1=CCNCC1)c1ccc(Br)s1.Cl. The van der Waals surface area contributed by atoms with Gasteiger partial charge in [-0.2, -0.15) is 0 Å². The summed E-state index contributed by atoms with van der Waals surface area (Å²) in [5, 5.41) is 6.28. The highest BCUT2D eigenvalue weighted by molar-refractivity contribution is 9.11. The molecule has 0 bridgehead atoms. The van der Waals surface area contributed by atoms with Crippen molar-refractivity contribution in [2.24, 2.45) is 0 Å². The Bertz CT molecular complexity index is 461. The molecule has 3 nitrogen and oxygen atoms in total. The van der Waals surface area contributed by atoms with Crippen molar-refractivity contribution in [2.75, 3.05) is 19.6 Å². The zero-order valence-electron chi connectivity index (χ0n) is 10.7. The number of halogens is 2. The summed E-state index contributed by atoms with van der Waals surface area (Å²) in [6, 6.07) is 3.99. The first-order valence-electron chi connectivity index (χ1n) is 6.08. The Morgan fingerprint density at radius 2 is 2.37 bits per heavy atom. The molecule has 0 saturated carbocycles. The number of carbonyl (C=O) groups excluding carboxylic acids is 1. The smallest absolute Gasteiger partial charge is 0.228 e. The molecular formula is C13H18BrClN2OS. The molecule has 0 fully saturated rings. The van der Waals surface area contributed by atoms with Crippen LogP contribution in [0.2, 0.25) is 0 Å². The summed E-state index contributed by atoms with van der Waals surface area (Å²) in [4.78, 5) is 13.1. The van der Waals surface area contributed by atoms with Crippen LogP contribution in [0.5, 0.6) is 0 Å². The first-order valence-corrected chi connectivity index (χ1v) is 7.69. The average Bonchev–Trinajstić information content (AvgIpc) is 2.83. The monoisotopic (exact) mass is 364 g/mol. The Morgan fingerprint density at radius 3 is 2.95 bits per heavy atom. The predicted octanol–water partition coefficient (Wildman–Crippen LogP) is 3.07. The van der Waals surface area contributed by atoms with Crippen LogP contribution in [0.3, 0.4) is 0 Å². The topological polar surface area (TPSA) is 41.1 Å². The van der Waals surface area contributed by atoms with Gasteiger partial charge in [-0.15, -0.1) is 23.7 Å². The Kier molecular flexibility index (Phi) is 7.07. The van der Waals surface area contributed by atoms with E-state index < -0.39 is 0 Å². The molecule has 0 saturated heterocycles. The molecule has 1 aliphatic heterocycles. The molecule has 0 radical (unpaired) electrons. The lowest BCUT2D eigenvalue weighted by Gasteiger charge is -2.16. The Balaban J connectivity index is 0.00000180. The van der Waals surface area contributed by atoms with Crippen molar-refractivity contribution in [1.82, 2.24) is 10.6 Å². The van der Waals surface area contributed by atoms with Gasteiger partial charge in [0.25, 0.3) is 0 Å². The van der Waals surface area contributed by atoms with Gasteiger partial charge in [-0.3, -0.25) is 4.79 Å². The maximum atomic E-state index is 12.0. The van der Waals surface area contributed by atoms with E-state index in [1.54, 1.807) is 11.3 Å². The summed E-state index contributed by atoms with van der Waals surface area (Å²) in [5.41, 5.74) is 1.32. The number of hydrogen-bond acceptors (Lipinski definition) is 3. The summed E-state index contributed by atoms with van der Waals surface area (Å²) < 4.78 is 1.07. The summed E-state index contributed by atoms with van der Waals surface area (Å²) >= 11 is 5.04. The minimum atomic E-state index is -0.0800. The van der Waals surface area contributed by atoms with Crippen LogP contribution in [-0.2, 0) is 4.79 Å². The summed E-state index contributed by atoms with van der Waals surface area (Å²) in [7, 11) is 0. The van der Waals surface area contributed by atoms with Crippen LogP contribution in [0.4, 0.5) is 0 Å². The largest absolute Gasteiger partial charge is 0.352 e. The maximum absolute atomic E-state index is 12.0. The predicted molar refractivity (Wildman–Crippen MR) is 86.3 cm³/mol. The Labute approximate surface area is 132 Å². The van der Waals surface area contributed by atoms with Gasteiger partial charge in [-0.1, -0.05) is 11.6 Å². The third kappa shape index (κ3) is 4.91. The van der Waals surface area contributed by atoms with Crippen molar-refractivity contribution < 1.29 is 4.79 Å². The molecule has 2 rings (SSSR count). The molecule has 1 aromatic rings. The molecule has 0 aromatic carbocycles. The minimum absolute atomic E-state index is 0. The second-order valence-corrected chi connectivity index (χ2v) is 6.89. The molecule has 1 aliphatic rings. The van der Waals surface area contributed by atoms with Crippen LogP contribution < -0.4 is 10.6 Å². The van der Waals surface area contributed by atoms with E-state index in [1.165, 1.54) is 5.57 Å². The minimum Gasteiger partial charge on any atom is -0.352 e. The number of thiophene rings is 1. The van der Waals surface area contributed by atoms with Crippen molar-refractivity contribution >= 4 is 45.6 Å². The van der Waals surface area contributed by atoms with Gasteiger partial charge >= 0.3 is 0 Å². The van der Waals surface area contributed by atoms with Crippen molar-refractivity contribution in [3.63, 3.8) is 0 Å². The van der Waals surface area contributed by atoms with Crippen LogP contribution in [0.25, 0.3) is 0 Å². The number of nitrogens with one attached hydrogen (secondary N) is 2. The number of hydrogen-bond donors (Lipinski definition) is 2. The lowest BCUT2D eigenvalue weighted by Crippen LogP contribution is -2.32. The van der Waals surface area contributed by atoms with Crippen LogP contribution >= 0.6 is 39.7 Å². The zero-order chi connectivity index (χ0) is 13.0. The van der Waals surface area contributed by atoms with Crippen LogP contribution in [0, 0.1) is 0 Å². The Hall–Kier alpha value is -0.360. The third-order valence-corrected chi connectivity index (χ3v) is 4.87. The number of carbonyl (C=O) groups is 1. The van der Waals surface area contributed by atoms with E-state index in [1.807, 2.05) is 19.1 Å². The number of rotatable bonds is 4. The van der Waals surface area contributed by atoms with Gasteiger partial charge in [-0.05, 0) is 48.0 Å². The van der Waals surface area contributed by atoms with Gasteiger partial charge in [-0.25, -0.2) is 0 Å². The zero-order valence-corrected chi connectivity index (χ0v) is 14.0. The van der Waals surface area contributed by atoms with E-state index >= 15 is 0 Å². The highest BCUT2D eigenvalue weighted by atomic mass is 79.9. The average molecular weight is 366 g/mol. The van der Waals surface area contributed by atoms with Gasteiger partial charge < -0.3 is 10.6 Å². The lowest BCUT2D eigenvalue weighted by molar-refractivity contribution is -0.121. The molecule has 1 aromatic heterocycles. The van der Waals surface area contributed by atoms with E-state index in [0.29, 0.717) is 6.54 Å². The fraction of sp³-hybridized carbons (Fsp3) is 0.462.